The largest absolute Gasteiger partial charge is 0.363 e. The van der Waals surface area contributed by atoms with Crippen molar-refractivity contribution in [1.82, 2.24) is 10.2 Å². The summed E-state index contributed by atoms with van der Waals surface area (Å²) in [5, 5.41) is 25.7. The van der Waals surface area contributed by atoms with E-state index in [1.165, 1.54) is 60.8 Å². The van der Waals surface area contributed by atoms with Gasteiger partial charge in [0.15, 0.2) is 0 Å². The Kier molecular flexibility index (Phi) is 9.86. The number of anilines is 5. The van der Waals surface area contributed by atoms with E-state index in [1.54, 1.807) is 11.3 Å². The Morgan fingerprint density at radius 2 is 1.67 bits per heavy atom. The SMILES string of the molecule is CCCCCc1ccc(-c2nnc(Nc3ccc(/N=N/c4ccc(N(C)c5ccc(N6CCCC6)s5)cc4C)cc3C)s2)cc1. The van der Waals surface area contributed by atoms with E-state index in [0.29, 0.717) is 0 Å². The van der Waals surface area contributed by atoms with Gasteiger partial charge in [-0.05, 0) is 105 Å². The van der Waals surface area contributed by atoms with E-state index < -0.39 is 0 Å². The predicted octanol–water partition coefficient (Wildman–Crippen LogP) is 11.1. The maximum absolute atomic E-state index is 4.59. The standard InChI is InChI=1S/C36H41N7S2/c1-5-6-7-10-27-11-13-28(14-12-27)35-40-41-36(45-35)37-31-17-15-29(23-25(31)2)38-39-32-18-16-30(24-26(32)3)42(4)33-19-20-34(44-33)43-21-8-9-22-43/h11-20,23-24H,5-10,21-22H2,1-4H3,(H,37,41)/b39-38+. The van der Waals surface area contributed by atoms with Gasteiger partial charge in [-0.1, -0.05) is 55.4 Å². The van der Waals surface area contributed by atoms with Crippen molar-refractivity contribution in [2.24, 2.45) is 10.2 Å². The number of azo groups is 1. The van der Waals surface area contributed by atoms with Gasteiger partial charge in [0.05, 0.1) is 21.4 Å². The summed E-state index contributed by atoms with van der Waals surface area (Å²) in [6, 6.07) is 25.6. The first kappa shape index (κ1) is 30.9. The molecule has 2 aromatic heterocycles. The summed E-state index contributed by atoms with van der Waals surface area (Å²) in [7, 11) is 2.13. The Morgan fingerprint density at radius 1 is 0.844 bits per heavy atom. The van der Waals surface area contributed by atoms with E-state index in [4.69, 9.17) is 0 Å². The third kappa shape index (κ3) is 7.60. The smallest absolute Gasteiger partial charge is 0.210 e. The summed E-state index contributed by atoms with van der Waals surface area (Å²) >= 11 is 3.41. The lowest BCUT2D eigenvalue weighted by Gasteiger charge is -2.19. The van der Waals surface area contributed by atoms with Crippen molar-refractivity contribution < 1.29 is 0 Å². The topological polar surface area (TPSA) is 69.0 Å². The molecule has 1 aliphatic rings. The number of nitrogens with one attached hydrogen (secondary N) is 1. The molecule has 0 saturated carbocycles. The van der Waals surface area contributed by atoms with Gasteiger partial charge in [-0.15, -0.1) is 21.5 Å². The molecule has 0 amide bonds. The number of aryl methyl sites for hydroxylation is 3. The summed E-state index contributed by atoms with van der Waals surface area (Å²) in [4.78, 5) is 4.74. The second-order valence-electron chi connectivity index (χ2n) is 11.7. The van der Waals surface area contributed by atoms with Gasteiger partial charge in [-0.3, -0.25) is 0 Å². The molecule has 1 saturated heterocycles. The van der Waals surface area contributed by atoms with E-state index in [2.05, 4.69) is 118 Å². The van der Waals surface area contributed by atoms with Crippen LogP contribution in [0.4, 0.5) is 37.9 Å². The predicted molar refractivity (Wildman–Crippen MR) is 192 cm³/mol. The number of aromatic nitrogens is 2. The molecule has 45 heavy (non-hydrogen) atoms. The molecule has 1 N–H and O–H groups in total. The van der Waals surface area contributed by atoms with Gasteiger partial charge in [0.1, 0.15) is 5.01 Å². The minimum atomic E-state index is 0.769. The number of benzene rings is 3. The lowest BCUT2D eigenvalue weighted by Crippen LogP contribution is -2.15. The Bertz CT molecular complexity index is 1750. The van der Waals surface area contributed by atoms with Gasteiger partial charge in [-0.2, -0.15) is 10.2 Å². The van der Waals surface area contributed by atoms with Crippen molar-refractivity contribution in [2.45, 2.75) is 59.3 Å². The Balaban J connectivity index is 1.07. The molecule has 0 spiro atoms. The fourth-order valence-corrected chi connectivity index (χ4v) is 7.36. The van der Waals surface area contributed by atoms with E-state index in [0.717, 1.165) is 56.0 Å². The van der Waals surface area contributed by atoms with E-state index in [-0.39, 0.29) is 0 Å². The second-order valence-corrected chi connectivity index (χ2v) is 13.7. The van der Waals surface area contributed by atoms with Crippen molar-refractivity contribution in [2.75, 3.05) is 35.3 Å². The molecule has 0 bridgehead atoms. The van der Waals surface area contributed by atoms with Crippen LogP contribution >= 0.6 is 22.7 Å². The first-order valence-electron chi connectivity index (χ1n) is 15.9. The summed E-state index contributed by atoms with van der Waals surface area (Å²) in [6.45, 7) is 8.73. The van der Waals surface area contributed by atoms with Crippen molar-refractivity contribution in [3.63, 3.8) is 0 Å². The maximum atomic E-state index is 4.59. The molecule has 5 aromatic rings. The molecule has 232 valence electrons. The highest BCUT2D eigenvalue weighted by molar-refractivity contribution is 7.20. The Labute approximate surface area is 274 Å². The fraction of sp³-hybridized carbons (Fsp3) is 0.333. The molecule has 3 heterocycles. The average molecular weight is 636 g/mol. The van der Waals surface area contributed by atoms with Crippen LogP contribution in [0.3, 0.4) is 0 Å². The quantitative estimate of drug-likeness (QED) is 0.109. The van der Waals surface area contributed by atoms with Crippen LogP contribution in [0.2, 0.25) is 0 Å². The summed E-state index contributed by atoms with van der Waals surface area (Å²) in [5.74, 6) is 0. The number of rotatable bonds is 12. The van der Waals surface area contributed by atoms with Crippen LogP contribution in [0.25, 0.3) is 10.6 Å². The Hall–Kier alpha value is -4.08. The van der Waals surface area contributed by atoms with Gasteiger partial charge in [-0.25, -0.2) is 0 Å². The summed E-state index contributed by atoms with van der Waals surface area (Å²) in [5.41, 5.74) is 8.43. The zero-order valence-electron chi connectivity index (χ0n) is 26.6. The van der Waals surface area contributed by atoms with Crippen LogP contribution < -0.4 is 15.1 Å². The number of nitrogens with zero attached hydrogens (tertiary/aromatic N) is 6. The summed E-state index contributed by atoms with van der Waals surface area (Å²) in [6.07, 6.45) is 7.47. The number of hydrogen-bond acceptors (Lipinski definition) is 9. The molecule has 7 nitrogen and oxygen atoms in total. The van der Waals surface area contributed by atoms with E-state index in [9.17, 15) is 0 Å². The van der Waals surface area contributed by atoms with Gasteiger partial charge < -0.3 is 15.1 Å². The average Bonchev–Trinajstić information content (AvgIpc) is 3.85. The van der Waals surface area contributed by atoms with Gasteiger partial charge in [0.25, 0.3) is 0 Å². The number of hydrogen-bond donors (Lipinski definition) is 1. The zero-order chi connectivity index (χ0) is 31.2. The van der Waals surface area contributed by atoms with E-state index in [1.807, 2.05) is 29.5 Å². The normalized spacial score (nSPS) is 13.2. The molecule has 0 unspecified atom stereocenters. The molecular weight excluding hydrogens is 595 g/mol. The highest BCUT2D eigenvalue weighted by atomic mass is 32.1. The maximum Gasteiger partial charge on any atom is 0.210 e. The van der Waals surface area contributed by atoms with Gasteiger partial charge in [0.2, 0.25) is 5.13 Å². The van der Waals surface area contributed by atoms with Crippen LogP contribution in [0.1, 0.15) is 55.7 Å². The zero-order valence-corrected chi connectivity index (χ0v) is 28.2. The van der Waals surface area contributed by atoms with E-state index >= 15 is 0 Å². The molecule has 0 radical (unpaired) electrons. The highest BCUT2D eigenvalue weighted by Gasteiger charge is 2.16. The van der Waals surface area contributed by atoms with Crippen LogP contribution in [0.5, 0.6) is 0 Å². The van der Waals surface area contributed by atoms with Crippen molar-refractivity contribution >= 4 is 60.6 Å². The molecule has 1 fully saturated rings. The number of unbranched alkanes of at least 4 members (excludes halogenated alkanes) is 2. The first-order valence-corrected chi connectivity index (χ1v) is 17.5. The molecule has 1 aliphatic heterocycles. The molecule has 9 heteroatoms. The Morgan fingerprint density at radius 3 is 2.42 bits per heavy atom. The molecule has 6 rings (SSSR count). The molecule has 3 aromatic carbocycles. The van der Waals surface area contributed by atoms with Crippen molar-refractivity contribution in [3.8, 4) is 10.6 Å². The third-order valence-corrected chi connectivity index (χ3v) is 10.4. The van der Waals surface area contributed by atoms with Crippen LogP contribution in [0.15, 0.2) is 83.0 Å². The molecule has 0 atom stereocenters. The minimum absolute atomic E-state index is 0.769. The van der Waals surface area contributed by atoms with Crippen molar-refractivity contribution in [1.29, 1.82) is 0 Å². The van der Waals surface area contributed by atoms with Gasteiger partial charge >= 0.3 is 0 Å². The van der Waals surface area contributed by atoms with Gasteiger partial charge in [0, 0.05) is 37.1 Å². The lowest BCUT2D eigenvalue weighted by atomic mass is 10.1. The number of thiophene rings is 1. The monoisotopic (exact) mass is 635 g/mol. The van der Waals surface area contributed by atoms with Crippen LogP contribution in [-0.2, 0) is 6.42 Å². The van der Waals surface area contributed by atoms with Crippen LogP contribution in [0, 0.1) is 13.8 Å². The second kappa shape index (κ2) is 14.3. The van der Waals surface area contributed by atoms with Crippen molar-refractivity contribution in [3.05, 3.63) is 89.5 Å². The minimum Gasteiger partial charge on any atom is -0.363 e. The fourth-order valence-electron chi connectivity index (χ4n) is 5.55. The highest BCUT2D eigenvalue weighted by Crippen LogP contribution is 2.38. The molecular formula is C36H41N7S2. The van der Waals surface area contributed by atoms with Crippen LogP contribution in [-0.4, -0.2) is 30.3 Å². The first-order chi connectivity index (χ1) is 22.0. The summed E-state index contributed by atoms with van der Waals surface area (Å²) < 4.78 is 0. The lowest BCUT2D eigenvalue weighted by molar-refractivity contribution is 0.717. The third-order valence-electron chi connectivity index (χ3n) is 8.31. The molecule has 0 aliphatic carbocycles.